The molecule has 2 aromatic rings. The fourth-order valence-electron chi connectivity index (χ4n) is 2.58. The van der Waals surface area contributed by atoms with Crippen molar-refractivity contribution in [2.24, 2.45) is 5.73 Å². The molecule has 0 fully saturated rings. The van der Waals surface area contributed by atoms with Crippen molar-refractivity contribution in [3.63, 3.8) is 0 Å². The number of hydrogen-bond acceptors (Lipinski definition) is 4. The molecule has 0 aliphatic rings. The molecule has 8 heteroatoms. The van der Waals surface area contributed by atoms with Crippen molar-refractivity contribution in [3.8, 4) is 0 Å². The maximum atomic E-state index is 12.4. The number of nitrogens with two attached hydrogens (primary N) is 1. The summed E-state index contributed by atoms with van der Waals surface area (Å²) in [5, 5.41) is 2.99. The summed E-state index contributed by atoms with van der Waals surface area (Å²) >= 11 is 0. The average molecular weight is 412 g/mol. The number of amides is 1. The van der Waals surface area contributed by atoms with Crippen LogP contribution < -0.4 is 15.8 Å². The highest BCUT2D eigenvalue weighted by molar-refractivity contribution is 7.92. The summed E-state index contributed by atoms with van der Waals surface area (Å²) in [4.78, 5) is 12.6. The Morgan fingerprint density at radius 2 is 1.56 bits per heavy atom. The van der Waals surface area contributed by atoms with E-state index in [4.69, 9.17) is 5.73 Å². The van der Waals surface area contributed by atoms with Crippen LogP contribution in [0.5, 0.6) is 0 Å². The Morgan fingerprint density at radius 3 is 2.04 bits per heavy atom. The van der Waals surface area contributed by atoms with Crippen LogP contribution in [0, 0.1) is 0 Å². The molecule has 0 bridgehead atoms. The van der Waals surface area contributed by atoms with Gasteiger partial charge in [-0.05, 0) is 49.2 Å². The lowest BCUT2D eigenvalue weighted by atomic mass is 9.92. The lowest BCUT2D eigenvalue weighted by Gasteiger charge is -2.31. The zero-order valence-electron chi connectivity index (χ0n) is 15.4. The van der Waals surface area contributed by atoms with Crippen LogP contribution in [-0.2, 0) is 10.0 Å². The molecule has 0 atom stereocenters. The van der Waals surface area contributed by atoms with Crippen molar-refractivity contribution in [1.29, 1.82) is 0 Å². The first kappa shape index (κ1) is 23.0. The molecule has 0 aromatic heterocycles. The van der Waals surface area contributed by atoms with Gasteiger partial charge in [-0.15, -0.1) is 12.4 Å². The number of sulfonamides is 1. The molecule has 0 unspecified atom stereocenters. The minimum atomic E-state index is -3.65. The average Bonchev–Trinajstić information content (AvgIpc) is 2.67. The van der Waals surface area contributed by atoms with Crippen LogP contribution >= 0.6 is 12.4 Å². The van der Waals surface area contributed by atoms with Crippen molar-refractivity contribution in [2.75, 3.05) is 11.3 Å². The molecular formula is C19H26ClN3O3S. The van der Waals surface area contributed by atoms with Crippen LogP contribution in [0.3, 0.4) is 0 Å². The lowest BCUT2D eigenvalue weighted by molar-refractivity contribution is 0.0895. The van der Waals surface area contributed by atoms with Gasteiger partial charge in [0, 0.05) is 17.8 Å². The fourth-order valence-corrected chi connectivity index (χ4v) is 3.66. The maximum absolute atomic E-state index is 12.4. The quantitative estimate of drug-likeness (QED) is 0.620. The Morgan fingerprint density at radius 1 is 1.00 bits per heavy atom. The molecule has 27 heavy (non-hydrogen) atoms. The molecule has 0 saturated carbocycles. The monoisotopic (exact) mass is 411 g/mol. The van der Waals surface area contributed by atoms with Gasteiger partial charge in [-0.1, -0.05) is 32.0 Å². The molecule has 6 nitrogen and oxygen atoms in total. The minimum absolute atomic E-state index is 0. The number of rotatable bonds is 8. The van der Waals surface area contributed by atoms with Crippen molar-refractivity contribution in [3.05, 3.63) is 60.2 Å². The lowest BCUT2D eigenvalue weighted by Crippen LogP contribution is -2.52. The number of benzene rings is 2. The summed E-state index contributed by atoms with van der Waals surface area (Å²) in [6, 6.07) is 14.4. The van der Waals surface area contributed by atoms with Crippen LogP contribution in [0.2, 0.25) is 0 Å². The zero-order chi connectivity index (χ0) is 19.2. The Hall–Kier alpha value is -2.09. The standard InChI is InChI=1S/C19H25N3O3S.ClH/c1-3-19(4-2,14-20)21-18(23)15-10-12-16(13-11-15)22-26(24,25)17-8-6-5-7-9-17;/h5-13,22H,3-4,14,20H2,1-2H3,(H,21,23);1H. The van der Waals surface area contributed by atoms with Crippen LogP contribution in [0.4, 0.5) is 5.69 Å². The van der Waals surface area contributed by atoms with Gasteiger partial charge in [-0.3, -0.25) is 9.52 Å². The van der Waals surface area contributed by atoms with E-state index in [-0.39, 0.29) is 23.2 Å². The van der Waals surface area contributed by atoms with Gasteiger partial charge in [-0.25, -0.2) is 8.42 Å². The van der Waals surface area contributed by atoms with E-state index in [0.717, 1.165) is 12.8 Å². The highest BCUT2D eigenvalue weighted by Gasteiger charge is 2.26. The van der Waals surface area contributed by atoms with Crippen LogP contribution in [0.1, 0.15) is 37.0 Å². The van der Waals surface area contributed by atoms with Gasteiger partial charge in [0.05, 0.1) is 10.4 Å². The van der Waals surface area contributed by atoms with Gasteiger partial charge in [0.25, 0.3) is 15.9 Å². The molecule has 2 aromatic carbocycles. The normalized spacial score (nSPS) is 11.4. The Labute approximate surface area is 167 Å². The number of anilines is 1. The van der Waals surface area contributed by atoms with E-state index in [1.54, 1.807) is 42.5 Å². The van der Waals surface area contributed by atoms with E-state index in [2.05, 4.69) is 10.0 Å². The zero-order valence-corrected chi connectivity index (χ0v) is 17.1. The number of carbonyl (C=O) groups is 1. The molecule has 1 amide bonds. The maximum Gasteiger partial charge on any atom is 0.261 e. The smallest absolute Gasteiger partial charge is 0.261 e. The molecule has 148 valence electrons. The summed E-state index contributed by atoms with van der Waals surface area (Å²) < 4.78 is 27.1. The van der Waals surface area contributed by atoms with Crippen molar-refractivity contribution in [1.82, 2.24) is 5.32 Å². The van der Waals surface area contributed by atoms with E-state index in [1.807, 2.05) is 13.8 Å². The Bertz CT molecular complexity index is 828. The molecule has 0 aliphatic carbocycles. The van der Waals surface area contributed by atoms with Gasteiger partial charge in [0.1, 0.15) is 0 Å². The Kier molecular flexibility index (Phi) is 8.27. The van der Waals surface area contributed by atoms with Gasteiger partial charge >= 0.3 is 0 Å². The van der Waals surface area contributed by atoms with E-state index in [9.17, 15) is 13.2 Å². The van der Waals surface area contributed by atoms with Crippen molar-refractivity contribution < 1.29 is 13.2 Å². The van der Waals surface area contributed by atoms with Gasteiger partial charge < -0.3 is 11.1 Å². The molecule has 0 aliphatic heterocycles. The molecule has 0 radical (unpaired) electrons. The van der Waals surface area contributed by atoms with E-state index < -0.39 is 15.6 Å². The number of halogens is 1. The summed E-state index contributed by atoms with van der Waals surface area (Å²) in [5.41, 5.74) is 6.23. The van der Waals surface area contributed by atoms with Crippen LogP contribution in [0.15, 0.2) is 59.5 Å². The second-order valence-electron chi connectivity index (χ2n) is 6.14. The molecule has 0 saturated heterocycles. The van der Waals surface area contributed by atoms with E-state index >= 15 is 0 Å². The molecular weight excluding hydrogens is 386 g/mol. The molecule has 0 heterocycles. The van der Waals surface area contributed by atoms with Crippen molar-refractivity contribution >= 4 is 34.0 Å². The summed E-state index contributed by atoms with van der Waals surface area (Å²) in [6.07, 6.45) is 1.47. The second-order valence-corrected chi connectivity index (χ2v) is 7.82. The molecule has 0 spiro atoms. The first-order valence-electron chi connectivity index (χ1n) is 8.56. The first-order valence-corrected chi connectivity index (χ1v) is 10.0. The summed E-state index contributed by atoms with van der Waals surface area (Å²) in [7, 11) is -3.65. The molecule has 2 rings (SSSR count). The third-order valence-electron chi connectivity index (χ3n) is 4.58. The van der Waals surface area contributed by atoms with Gasteiger partial charge in [0.2, 0.25) is 0 Å². The largest absolute Gasteiger partial charge is 0.345 e. The highest BCUT2D eigenvalue weighted by atomic mass is 35.5. The number of nitrogens with one attached hydrogen (secondary N) is 2. The fraction of sp³-hybridized carbons (Fsp3) is 0.316. The van der Waals surface area contributed by atoms with Gasteiger partial charge in [0.15, 0.2) is 0 Å². The van der Waals surface area contributed by atoms with Crippen molar-refractivity contribution in [2.45, 2.75) is 37.1 Å². The predicted octanol–water partition coefficient (Wildman–Crippen LogP) is 3.16. The van der Waals surface area contributed by atoms with Crippen LogP contribution in [0.25, 0.3) is 0 Å². The van der Waals surface area contributed by atoms with Crippen LogP contribution in [-0.4, -0.2) is 26.4 Å². The van der Waals surface area contributed by atoms with E-state index in [1.165, 1.54) is 12.1 Å². The number of carbonyl (C=O) groups excluding carboxylic acids is 1. The molecule has 4 N–H and O–H groups in total. The van der Waals surface area contributed by atoms with Gasteiger partial charge in [-0.2, -0.15) is 0 Å². The summed E-state index contributed by atoms with van der Waals surface area (Å²) in [6.45, 7) is 4.33. The predicted molar refractivity (Wildman–Crippen MR) is 111 cm³/mol. The third kappa shape index (κ3) is 5.69. The highest BCUT2D eigenvalue weighted by Crippen LogP contribution is 2.18. The topological polar surface area (TPSA) is 101 Å². The third-order valence-corrected chi connectivity index (χ3v) is 5.97. The summed E-state index contributed by atoms with van der Waals surface area (Å²) in [5.74, 6) is -0.225. The SMILES string of the molecule is CCC(CC)(CN)NC(=O)c1ccc(NS(=O)(=O)c2ccccc2)cc1.Cl. The Balaban J connectivity index is 0.00000364. The first-order chi connectivity index (χ1) is 12.4. The second kappa shape index (κ2) is 9.73. The van der Waals surface area contributed by atoms with E-state index in [0.29, 0.717) is 17.8 Å². The number of hydrogen-bond donors (Lipinski definition) is 3. The minimum Gasteiger partial charge on any atom is -0.345 e.